The minimum atomic E-state index is -2.38. The van der Waals surface area contributed by atoms with E-state index in [1.165, 1.54) is 11.8 Å². The number of aromatic nitrogens is 2. The number of rotatable bonds is 13. The molecule has 0 bridgehead atoms. The molecule has 2 heterocycles. The second kappa shape index (κ2) is 11.3. The van der Waals surface area contributed by atoms with Crippen LogP contribution in [0.2, 0.25) is 0 Å². The average molecular weight is 547 g/mol. The molecule has 10 nitrogen and oxygen atoms in total. The van der Waals surface area contributed by atoms with Gasteiger partial charge in [-0.3, -0.25) is 9.56 Å². The SMILES string of the molecule is Cc1nc(N)c2c(n1)C([C@H]1[C@H](O)[C@H](O)[C@@]3(C[PH](=O)OCCSC(C)OCCSC(C)O)C[C@H]13)C=N2. The van der Waals surface area contributed by atoms with E-state index in [4.69, 9.17) is 15.0 Å². The van der Waals surface area contributed by atoms with E-state index in [0.29, 0.717) is 48.4 Å². The molecule has 0 spiro atoms. The first-order chi connectivity index (χ1) is 16.6. The number of aliphatic hydroxyl groups excluding tert-OH is 3. The summed E-state index contributed by atoms with van der Waals surface area (Å²) >= 11 is 3.01. The second-order valence-electron chi connectivity index (χ2n) is 9.43. The molecule has 13 heteroatoms. The van der Waals surface area contributed by atoms with E-state index in [-0.39, 0.29) is 29.4 Å². The molecule has 0 saturated heterocycles. The van der Waals surface area contributed by atoms with Crippen LogP contribution in [0.25, 0.3) is 0 Å². The third-order valence-electron chi connectivity index (χ3n) is 7.06. The van der Waals surface area contributed by atoms with Crippen LogP contribution in [0.3, 0.4) is 0 Å². The third-order valence-corrected chi connectivity index (χ3v) is 10.4. The van der Waals surface area contributed by atoms with Crippen molar-refractivity contribution in [3.8, 4) is 0 Å². The molecule has 2 saturated carbocycles. The smallest absolute Gasteiger partial charge is 0.192 e. The van der Waals surface area contributed by atoms with Crippen molar-refractivity contribution in [1.82, 2.24) is 9.97 Å². The van der Waals surface area contributed by atoms with Crippen molar-refractivity contribution in [3.05, 3.63) is 11.5 Å². The Labute approximate surface area is 214 Å². The van der Waals surface area contributed by atoms with Crippen molar-refractivity contribution in [1.29, 1.82) is 0 Å². The number of nitrogens with two attached hydrogens (primary N) is 1. The van der Waals surface area contributed by atoms with Gasteiger partial charge in [0.2, 0.25) is 0 Å². The molecule has 0 aromatic carbocycles. The zero-order valence-corrected chi connectivity index (χ0v) is 22.8. The van der Waals surface area contributed by atoms with Crippen molar-refractivity contribution in [2.75, 3.05) is 36.6 Å². The van der Waals surface area contributed by atoms with E-state index in [1.807, 2.05) is 6.92 Å². The highest BCUT2D eigenvalue weighted by molar-refractivity contribution is 8.00. The third kappa shape index (κ3) is 5.90. The highest BCUT2D eigenvalue weighted by Crippen LogP contribution is 2.71. The van der Waals surface area contributed by atoms with Crippen LogP contribution in [-0.4, -0.2) is 85.5 Å². The van der Waals surface area contributed by atoms with E-state index in [2.05, 4.69) is 15.0 Å². The Balaban J connectivity index is 1.25. The maximum Gasteiger partial charge on any atom is 0.192 e. The van der Waals surface area contributed by atoms with Gasteiger partial charge in [-0.2, -0.15) is 0 Å². The first kappa shape index (κ1) is 27.3. The number of ether oxygens (including phenoxy) is 1. The zero-order chi connectivity index (χ0) is 25.3. The van der Waals surface area contributed by atoms with Gasteiger partial charge in [-0.15, -0.1) is 23.5 Å². The highest BCUT2D eigenvalue weighted by atomic mass is 32.2. The van der Waals surface area contributed by atoms with Gasteiger partial charge in [-0.1, -0.05) is 0 Å². The molecule has 1 aromatic rings. The molecule has 35 heavy (non-hydrogen) atoms. The van der Waals surface area contributed by atoms with E-state index < -0.39 is 31.1 Å². The van der Waals surface area contributed by atoms with Gasteiger partial charge in [0.05, 0.1) is 36.6 Å². The van der Waals surface area contributed by atoms with Gasteiger partial charge in [0.25, 0.3) is 0 Å². The molecular formula is C22H35N4O6PS2. The monoisotopic (exact) mass is 546 g/mol. The normalized spacial score (nSPS) is 33.4. The Hall–Kier alpha value is -0.720. The van der Waals surface area contributed by atoms with Crippen LogP contribution < -0.4 is 5.73 Å². The lowest BCUT2D eigenvalue weighted by atomic mass is 9.84. The number of nitrogen functional groups attached to an aromatic ring is 1. The summed E-state index contributed by atoms with van der Waals surface area (Å²) in [6.45, 7) is 6.33. The number of nitrogens with zero attached hydrogens (tertiary/aromatic N) is 3. The summed E-state index contributed by atoms with van der Waals surface area (Å²) in [6.07, 6.45) is 0.774. The summed E-state index contributed by atoms with van der Waals surface area (Å²) in [7, 11) is -2.38. The number of thioether (sulfide) groups is 2. The average Bonchev–Trinajstić information content (AvgIpc) is 3.26. The van der Waals surface area contributed by atoms with Crippen molar-refractivity contribution >= 4 is 49.3 Å². The van der Waals surface area contributed by atoms with Gasteiger partial charge in [0.15, 0.2) is 13.8 Å². The number of fused-ring (bicyclic) bond motifs is 2. The summed E-state index contributed by atoms with van der Waals surface area (Å²) in [5.74, 6) is 1.72. The Morgan fingerprint density at radius 3 is 2.74 bits per heavy atom. The Morgan fingerprint density at radius 1 is 1.26 bits per heavy atom. The first-order valence-corrected chi connectivity index (χ1v) is 15.5. The fourth-order valence-electron chi connectivity index (χ4n) is 5.42. The van der Waals surface area contributed by atoms with Gasteiger partial charge in [0.1, 0.15) is 16.9 Å². The second-order valence-corrected chi connectivity index (χ2v) is 13.6. The molecule has 196 valence electrons. The Morgan fingerprint density at radius 2 is 2.00 bits per heavy atom. The van der Waals surface area contributed by atoms with Gasteiger partial charge in [-0.05, 0) is 33.1 Å². The van der Waals surface area contributed by atoms with Gasteiger partial charge in [-0.25, -0.2) is 9.97 Å². The molecular weight excluding hydrogens is 511 g/mol. The molecule has 9 atom stereocenters. The maximum absolute atomic E-state index is 12.8. The highest BCUT2D eigenvalue weighted by Gasteiger charge is 2.72. The number of anilines is 1. The predicted molar refractivity (Wildman–Crippen MR) is 140 cm³/mol. The van der Waals surface area contributed by atoms with Gasteiger partial charge < -0.3 is 30.3 Å². The summed E-state index contributed by atoms with van der Waals surface area (Å²) < 4.78 is 24.0. The van der Waals surface area contributed by atoms with E-state index >= 15 is 0 Å². The number of hydrogen-bond acceptors (Lipinski definition) is 12. The molecule has 3 aliphatic rings. The van der Waals surface area contributed by atoms with Gasteiger partial charge >= 0.3 is 0 Å². The zero-order valence-electron chi connectivity index (χ0n) is 20.2. The number of hydrogen-bond donors (Lipinski definition) is 4. The molecule has 2 fully saturated rings. The van der Waals surface area contributed by atoms with Crippen LogP contribution >= 0.6 is 31.6 Å². The lowest BCUT2D eigenvalue weighted by Gasteiger charge is -2.26. The van der Waals surface area contributed by atoms with Crippen LogP contribution in [0.5, 0.6) is 0 Å². The first-order valence-electron chi connectivity index (χ1n) is 11.9. The molecule has 5 N–H and O–H groups in total. The van der Waals surface area contributed by atoms with Crippen molar-refractivity contribution in [3.63, 3.8) is 0 Å². The number of aliphatic hydroxyl groups is 3. The van der Waals surface area contributed by atoms with E-state index in [9.17, 15) is 19.9 Å². The summed E-state index contributed by atoms with van der Waals surface area (Å²) in [5, 5.41) is 31.1. The molecule has 2 aliphatic carbocycles. The number of aryl methyl sites for hydroxylation is 1. The van der Waals surface area contributed by atoms with Crippen LogP contribution in [0, 0.1) is 24.2 Å². The van der Waals surface area contributed by atoms with Crippen LogP contribution in [0.1, 0.15) is 37.7 Å². The molecule has 4 rings (SSSR count). The molecule has 0 amide bonds. The summed E-state index contributed by atoms with van der Waals surface area (Å²) in [4.78, 5) is 13.1. The van der Waals surface area contributed by atoms with Crippen molar-refractivity contribution in [2.24, 2.45) is 22.2 Å². The van der Waals surface area contributed by atoms with Gasteiger partial charge in [0, 0.05) is 41.1 Å². The minimum Gasteiger partial charge on any atom is -0.390 e. The Kier molecular flexibility index (Phi) is 8.86. The quantitative estimate of drug-likeness (QED) is 0.163. The molecule has 1 aromatic heterocycles. The van der Waals surface area contributed by atoms with Crippen LogP contribution in [0.15, 0.2) is 4.99 Å². The van der Waals surface area contributed by atoms with E-state index in [1.54, 1.807) is 31.8 Å². The standard InChI is InChI=1S/C22H35N4O6PS2/c1-11-25-17-14(9-24-18(17)21(23)26-11)16-15-8-22(15,20(29)19(16)28)10-33(30)32-5-7-35-13(3)31-4-6-34-12(2)27/h9,12-16,19-20,27-29,33H,4-8,10H2,1-3H3,(H2,23,25,26)/t12?,13?,14?,15-,16-,19+,20+,22-/m1/s1. The lowest BCUT2D eigenvalue weighted by molar-refractivity contribution is -0.0178. The lowest BCUT2D eigenvalue weighted by Crippen LogP contribution is -2.36. The molecule has 0 radical (unpaired) electrons. The molecule has 4 unspecified atom stereocenters. The largest absolute Gasteiger partial charge is 0.390 e. The van der Waals surface area contributed by atoms with Crippen molar-refractivity contribution < 1.29 is 29.1 Å². The van der Waals surface area contributed by atoms with E-state index in [0.717, 1.165) is 5.75 Å². The Bertz CT molecular complexity index is 972. The van der Waals surface area contributed by atoms with Crippen LogP contribution in [-0.2, 0) is 13.8 Å². The summed E-state index contributed by atoms with van der Waals surface area (Å²) in [6, 6.07) is 0. The predicted octanol–water partition coefficient (Wildman–Crippen LogP) is 2.18. The maximum atomic E-state index is 12.8. The van der Waals surface area contributed by atoms with Crippen LogP contribution in [0.4, 0.5) is 11.5 Å². The number of aliphatic imine (C=N–C) groups is 1. The minimum absolute atomic E-state index is 0.0197. The fourth-order valence-corrected chi connectivity index (χ4v) is 8.39. The topological polar surface area (TPSA) is 160 Å². The summed E-state index contributed by atoms with van der Waals surface area (Å²) in [5.41, 5.74) is 6.22. The molecule has 1 aliphatic heterocycles. The fraction of sp³-hybridized carbons (Fsp3) is 0.773. The van der Waals surface area contributed by atoms with Crippen molar-refractivity contribution in [2.45, 2.75) is 56.2 Å².